The van der Waals surface area contributed by atoms with Crippen LogP contribution >= 0.6 is 0 Å². The Morgan fingerprint density at radius 3 is 2.70 bits per heavy atom. The van der Waals surface area contributed by atoms with Crippen molar-refractivity contribution < 1.29 is 23.9 Å². The van der Waals surface area contributed by atoms with Gasteiger partial charge in [-0.2, -0.15) is 0 Å². The zero-order valence-corrected chi connectivity index (χ0v) is 15.5. The first-order chi connectivity index (χ1) is 12.9. The molecule has 0 aromatic heterocycles. The number of hydrogen-bond acceptors (Lipinski definition) is 5. The lowest BCUT2D eigenvalue weighted by Crippen LogP contribution is -2.44. The fraction of sp³-hybridized carbons (Fsp3) is 0.474. The fourth-order valence-electron chi connectivity index (χ4n) is 3.32. The molecule has 2 heterocycles. The molecule has 144 valence electrons. The third-order valence-electron chi connectivity index (χ3n) is 5.11. The number of esters is 1. The number of carbonyl (C=O) groups excluding carboxylic acids is 4. The first-order valence-electron chi connectivity index (χ1n) is 9.03. The maximum atomic E-state index is 12.5. The van der Waals surface area contributed by atoms with Gasteiger partial charge in [0.2, 0.25) is 0 Å². The predicted octanol–water partition coefficient (Wildman–Crippen LogP) is 1.23. The van der Waals surface area contributed by atoms with Crippen molar-refractivity contribution in [3.63, 3.8) is 0 Å². The zero-order chi connectivity index (χ0) is 19.6. The standard InChI is InChI=1S/C19H23N3O5/c1-3-19(2)17(25)22(18(26)20-19)11-16(24)27-12-15(23)21-10-6-8-13-7-4-5-9-14(13)21/h4-5,7,9H,3,6,8,10-12H2,1-2H3,(H,20,26)/t19-/m0/s1. The van der Waals surface area contributed by atoms with Crippen LogP contribution in [0.4, 0.5) is 10.5 Å². The lowest BCUT2D eigenvalue weighted by Gasteiger charge is -2.29. The Morgan fingerprint density at radius 1 is 1.26 bits per heavy atom. The molecule has 0 radical (unpaired) electrons. The number of nitrogens with zero attached hydrogens (tertiary/aromatic N) is 2. The number of benzene rings is 1. The van der Waals surface area contributed by atoms with Crippen LogP contribution in [0, 0.1) is 0 Å². The number of aryl methyl sites for hydroxylation is 1. The monoisotopic (exact) mass is 373 g/mol. The number of carbonyl (C=O) groups is 4. The number of fused-ring (bicyclic) bond motifs is 1. The van der Waals surface area contributed by atoms with Gasteiger partial charge < -0.3 is 15.0 Å². The van der Waals surface area contributed by atoms with Crippen molar-refractivity contribution in [2.75, 3.05) is 24.6 Å². The highest BCUT2D eigenvalue weighted by Crippen LogP contribution is 2.26. The summed E-state index contributed by atoms with van der Waals surface area (Å²) in [6, 6.07) is 7.00. The van der Waals surface area contributed by atoms with Crippen molar-refractivity contribution in [1.29, 1.82) is 0 Å². The Labute approximate surface area is 157 Å². The molecule has 0 aliphatic carbocycles. The van der Waals surface area contributed by atoms with E-state index in [1.54, 1.807) is 18.7 Å². The summed E-state index contributed by atoms with van der Waals surface area (Å²) in [5.74, 6) is -1.59. The number of hydrogen-bond donors (Lipinski definition) is 1. The minimum absolute atomic E-state index is 0.328. The molecule has 1 aromatic carbocycles. The number of nitrogens with one attached hydrogen (secondary N) is 1. The van der Waals surface area contributed by atoms with E-state index in [1.165, 1.54) is 0 Å². The van der Waals surface area contributed by atoms with Crippen molar-refractivity contribution >= 4 is 29.5 Å². The molecule has 2 aliphatic heterocycles. The van der Waals surface area contributed by atoms with Crippen molar-refractivity contribution in [3.05, 3.63) is 29.8 Å². The Kier molecular flexibility index (Phi) is 5.16. The van der Waals surface area contributed by atoms with E-state index in [4.69, 9.17) is 4.74 Å². The molecular weight excluding hydrogens is 350 g/mol. The van der Waals surface area contributed by atoms with Gasteiger partial charge in [0.1, 0.15) is 12.1 Å². The molecule has 0 unspecified atom stereocenters. The van der Waals surface area contributed by atoms with Gasteiger partial charge in [-0.05, 0) is 37.8 Å². The van der Waals surface area contributed by atoms with Crippen molar-refractivity contribution in [1.82, 2.24) is 10.2 Å². The number of ether oxygens (including phenoxy) is 1. The van der Waals surface area contributed by atoms with Gasteiger partial charge >= 0.3 is 12.0 Å². The van der Waals surface area contributed by atoms with Crippen LogP contribution in [0.1, 0.15) is 32.3 Å². The topological polar surface area (TPSA) is 96.0 Å². The number of amides is 4. The summed E-state index contributed by atoms with van der Waals surface area (Å²) >= 11 is 0. The molecule has 4 amide bonds. The van der Waals surface area contributed by atoms with Crippen LogP contribution < -0.4 is 10.2 Å². The third-order valence-corrected chi connectivity index (χ3v) is 5.11. The van der Waals surface area contributed by atoms with E-state index in [0.717, 1.165) is 29.0 Å². The van der Waals surface area contributed by atoms with E-state index >= 15 is 0 Å². The summed E-state index contributed by atoms with van der Waals surface area (Å²) < 4.78 is 5.03. The highest BCUT2D eigenvalue weighted by Gasteiger charge is 2.47. The second kappa shape index (κ2) is 7.38. The highest BCUT2D eigenvalue weighted by atomic mass is 16.5. The smallest absolute Gasteiger partial charge is 0.326 e. The van der Waals surface area contributed by atoms with Crippen LogP contribution in [0.25, 0.3) is 0 Å². The van der Waals surface area contributed by atoms with E-state index in [9.17, 15) is 19.2 Å². The SMILES string of the molecule is CC[C@]1(C)NC(=O)N(CC(=O)OCC(=O)N2CCCc3ccccc32)C1=O. The van der Waals surface area contributed by atoms with Gasteiger partial charge in [-0.15, -0.1) is 0 Å². The van der Waals surface area contributed by atoms with Crippen LogP contribution in [-0.2, 0) is 25.5 Å². The third kappa shape index (κ3) is 3.65. The van der Waals surface area contributed by atoms with Crippen LogP contribution in [0.2, 0.25) is 0 Å². The number of anilines is 1. The van der Waals surface area contributed by atoms with Gasteiger partial charge in [-0.1, -0.05) is 25.1 Å². The van der Waals surface area contributed by atoms with Crippen LogP contribution in [0.15, 0.2) is 24.3 Å². The van der Waals surface area contributed by atoms with E-state index < -0.39 is 36.6 Å². The normalized spacial score (nSPS) is 21.7. The predicted molar refractivity (Wildman–Crippen MR) is 97.0 cm³/mol. The summed E-state index contributed by atoms with van der Waals surface area (Å²) in [6.45, 7) is 3.01. The Hall–Kier alpha value is -2.90. The average Bonchev–Trinajstić information content (AvgIpc) is 2.89. The van der Waals surface area contributed by atoms with Crippen LogP contribution in [0.3, 0.4) is 0 Å². The van der Waals surface area contributed by atoms with Crippen molar-refractivity contribution in [2.24, 2.45) is 0 Å². The quantitative estimate of drug-likeness (QED) is 0.619. The molecule has 1 aromatic rings. The first kappa shape index (κ1) is 18.9. The molecule has 27 heavy (non-hydrogen) atoms. The lowest BCUT2D eigenvalue weighted by atomic mass is 9.99. The summed E-state index contributed by atoms with van der Waals surface area (Å²) in [4.78, 5) is 51.2. The van der Waals surface area contributed by atoms with E-state index in [1.807, 2.05) is 24.3 Å². The summed E-state index contributed by atoms with van der Waals surface area (Å²) in [6.07, 6.45) is 2.16. The molecular formula is C19H23N3O5. The largest absolute Gasteiger partial charge is 0.454 e. The molecule has 0 bridgehead atoms. The van der Waals surface area contributed by atoms with Gasteiger partial charge in [0.15, 0.2) is 6.61 Å². The molecule has 1 atom stereocenters. The fourth-order valence-corrected chi connectivity index (χ4v) is 3.32. The number of para-hydroxylation sites is 1. The van der Waals surface area contributed by atoms with Gasteiger partial charge in [0.25, 0.3) is 11.8 Å². The summed E-state index contributed by atoms with van der Waals surface area (Å²) in [5.41, 5.74) is 0.907. The molecule has 0 spiro atoms. The molecule has 8 nitrogen and oxygen atoms in total. The molecule has 1 saturated heterocycles. The Bertz CT molecular complexity index is 793. The van der Waals surface area contributed by atoms with E-state index in [0.29, 0.717) is 13.0 Å². The second-order valence-electron chi connectivity index (χ2n) is 6.95. The zero-order valence-electron chi connectivity index (χ0n) is 15.5. The number of imide groups is 1. The second-order valence-corrected chi connectivity index (χ2v) is 6.95. The molecule has 1 N–H and O–H groups in total. The van der Waals surface area contributed by atoms with Gasteiger partial charge in [0.05, 0.1) is 0 Å². The van der Waals surface area contributed by atoms with Crippen LogP contribution in [-0.4, -0.2) is 54.0 Å². The minimum atomic E-state index is -1.01. The molecule has 2 aliphatic rings. The Morgan fingerprint density at radius 2 is 2.00 bits per heavy atom. The lowest BCUT2D eigenvalue weighted by molar-refractivity contribution is -0.150. The average molecular weight is 373 g/mol. The maximum absolute atomic E-state index is 12.5. The minimum Gasteiger partial charge on any atom is -0.454 e. The van der Waals surface area contributed by atoms with Crippen molar-refractivity contribution in [3.8, 4) is 0 Å². The molecule has 0 saturated carbocycles. The van der Waals surface area contributed by atoms with Gasteiger partial charge in [0, 0.05) is 12.2 Å². The van der Waals surface area contributed by atoms with Crippen molar-refractivity contribution in [2.45, 2.75) is 38.6 Å². The molecule has 8 heteroatoms. The maximum Gasteiger partial charge on any atom is 0.326 e. The van der Waals surface area contributed by atoms with Crippen LogP contribution in [0.5, 0.6) is 0 Å². The van der Waals surface area contributed by atoms with Gasteiger partial charge in [-0.25, -0.2) is 4.79 Å². The number of rotatable bonds is 5. The van der Waals surface area contributed by atoms with E-state index in [-0.39, 0.29) is 5.91 Å². The Balaban J connectivity index is 1.57. The summed E-state index contributed by atoms with van der Waals surface area (Å²) in [5, 5.41) is 2.57. The summed E-state index contributed by atoms with van der Waals surface area (Å²) in [7, 11) is 0. The van der Waals surface area contributed by atoms with Gasteiger partial charge in [-0.3, -0.25) is 19.3 Å². The molecule has 3 rings (SSSR count). The molecule has 1 fully saturated rings. The number of urea groups is 1. The van der Waals surface area contributed by atoms with E-state index in [2.05, 4.69) is 5.32 Å². The first-order valence-corrected chi connectivity index (χ1v) is 9.03. The highest BCUT2D eigenvalue weighted by molar-refractivity contribution is 6.08.